The van der Waals surface area contributed by atoms with Gasteiger partial charge in [0.15, 0.2) is 0 Å². The van der Waals surface area contributed by atoms with Crippen LogP contribution in [0.25, 0.3) is 0 Å². The normalized spacial score (nSPS) is 12.8. The number of halogens is 1. The Morgan fingerprint density at radius 1 is 1.03 bits per heavy atom. The number of nitrogens with zero attached hydrogens (tertiary/aromatic N) is 1. The van der Waals surface area contributed by atoms with Gasteiger partial charge in [-0.1, -0.05) is 35.9 Å². The van der Waals surface area contributed by atoms with E-state index in [-0.39, 0.29) is 6.03 Å². The van der Waals surface area contributed by atoms with Gasteiger partial charge in [-0.25, -0.2) is 9.59 Å². The van der Waals surface area contributed by atoms with Crippen molar-refractivity contribution in [2.75, 3.05) is 25.6 Å². The highest BCUT2D eigenvalue weighted by Crippen LogP contribution is 2.25. The fraction of sp³-hybridized carbons (Fsp3) is 0.231. The van der Waals surface area contributed by atoms with Crippen molar-refractivity contribution >= 4 is 29.3 Å². The SMILES string of the molecule is COC(=O)c1cccc(NC(=O)N2CCOc3ccc(COCc4ccc(Cl)cc4)cc3C2)c1. The zero-order chi connectivity index (χ0) is 23.9. The number of hydrogen-bond donors (Lipinski definition) is 1. The monoisotopic (exact) mass is 480 g/mol. The molecule has 1 heterocycles. The van der Waals surface area contributed by atoms with Crippen molar-refractivity contribution in [2.24, 2.45) is 0 Å². The molecule has 0 unspecified atom stereocenters. The Bertz CT molecular complexity index is 1170. The molecule has 0 aromatic heterocycles. The van der Waals surface area contributed by atoms with Gasteiger partial charge in [-0.3, -0.25) is 0 Å². The van der Waals surface area contributed by atoms with Crippen LogP contribution in [0.3, 0.4) is 0 Å². The number of carbonyl (C=O) groups excluding carboxylic acids is 2. The molecule has 0 saturated heterocycles. The molecule has 0 bridgehead atoms. The first-order valence-electron chi connectivity index (χ1n) is 10.8. The van der Waals surface area contributed by atoms with Gasteiger partial charge in [0.1, 0.15) is 12.4 Å². The molecule has 0 saturated carbocycles. The van der Waals surface area contributed by atoms with Crippen molar-refractivity contribution in [3.8, 4) is 5.75 Å². The molecule has 0 aliphatic carbocycles. The highest BCUT2D eigenvalue weighted by Gasteiger charge is 2.21. The summed E-state index contributed by atoms with van der Waals surface area (Å²) in [6, 6.07) is 19.8. The third-order valence-electron chi connectivity index (χ3n) is 5.38. The smallest absolute Gasteiger partial charge is 0.337 e. The minimum Gasteiger partial charge on any atom is -0.491 e. The molecule has 176 valence electrons. The Hall–Kier alpha value is -3.55. The number of fused-ring (bicyclic) bond motifs is 1. The summed E-state index contributed by atoms with van der Waals surface area (Å²) in [6.07, 6.45) is 0. The number of benzene rings is 3. The van der Waals surface area contributed by atoms with Crippen LogP contribution < -0.4 is 10.1 Å². The molecule has 3 aromatic rings. The van der Waals surface area contributed by atoms with E-state index >= 15 is 0 Å². The summed E-state index contributed by atoms with van der Waals surface area (Å²) in [4.78, 5) is 26.4. The number of esters is 1. The molecule has 0 fully saturated rings. The lowest BCUT2D eigenvalue weighted by atomic mass is 10.1. The van der Waals surface area contributed by atoms with Crippen molar-refractivity contribution in [2.45, 2.75) is 19.8 Å². The van der Waals surface area contributed by atoms with Crippen molar-refractivity contribution in [3.05, 3.63) is 94.0 Å². The molecular formula is C26H25ClN2O5. The average molecular weight is 481 g/mol. The molecule has 0 radical (unpaired) electrons. The molecular weight excluding hydrogens is 456 g/mol. The van der Waals surface area contributed by atoms with Crippen LogP contribution in [-0.4, -0.2) is 37.2 Å². The van der Waals surface area contributed by atoms with E-state index in [2.05, 4.69) is 5.32 Å². The number of carbonyl (C=O) groups is 2. The molecule has 34 heavy (non-hydrogen) atoms. The summed E-state index contributed by atoms with van der Waals surface area (Å²) in [7, 11) is 1.32. The number of nitrogens with one attached hydrogen (secondary N) is 1. The van der Waals surface area contributed by atoms with Crippen LogP contribution in [0.15, 0.2) is 66.7 Å². The lowest BCUT2D eigenvalue weighted by molar-refractivity contribution is 0.0600. The Labute approximate surface area is 203 Å². The second-order valence-electron chi connectivity index (χ2n) is 7.83. The van der Waals surface area contributed by atoms with E-state index in [4.69, 9.17) is 25.8 Å². The van der Waals surface area contributed by atoms with Gasteiger partial charge < -0.3 is 24.4 Å². The highest BCUT2D eigenvalue weighted by atomic mass is 35.5. The number of hydrogen-bond acceptors (Lipinski definition) is 5. The molecule has 7 nitrogen and oxygen atoms in total. The molecule has 8 heteroatoms. The van der Waals surface area contributed by atoms with E-state index in [0.29, 0.717) is 49.2 Å². The van der Waals surface area contributed by atoms with Crippen LogP contribution in [0.1, 0.15) is 27.0 Å². The Kier molecular flexibility index (Phi) is 7.67. The van der Waals surface area contributed by atoms with Gasteiger partial charge in [0.05, 0.1) is 39.0 Å². The molecule has 3 aromatic carbocycles. The molecule has 0 spiro atoms. The topological polar surface area (TPSA) is 77.1 Å². The van der Waals surface area contributed by atoms with E-state index in [1.807, 2.05) is 42.5 Å². The third kappa shape index (κ3) is 6.07. The molecule has 1 aliphatic heterocycles. The molecule has 2 amide bonds. The zero-order valence-electron chi connectivity index (χ0n) is 18.8. The lowest BCUT2D eigenvalue weighted by Gasteiger charge is -2.21. The van der Waals surface area contributed by atoms with Gasteiger partial charge in [-0.2, -0.15) is 0 Å². The van der Waals surface area contributed by atoms with E-state index in [1.165, 1.54) is 7.11 Å². The van der Waals surface area contributed by atoms with Gasteiger partial charge >= 0.3 is 12.0 Å². The van der Waals surface area contributed by atoms with Crippen LogP contribution in [0.5, 0.6) is 5.75 Å². The van der Waals surface area contributed by atoms with E-state index in [1.54, 1.807) is 29.2 Å². The number of methoxy groups -OCH3 is 1. The first-order valence-corrected chi connectivity index (χ1v) is 11.2. The minimum atomic E-state index is -0.459. The van der Waals surface area contributed by atoms with Crippen molar-refractivity contribution in [1.82, 2.24) is 4.90 Å². The standard InChI is InChI=1S/C26H25ClN2O5/c1-32-25(30)20-3-2-4-23(14-20)28-26(31)29-11-12-34-24-10-7-19(13-21(24)15-29)17-33-16-18-5-8-22(27)9-6-18/h2-10,13-14H,11-12,15-17H2,1H3,(H,28,31). The lowest BCUT2D eigenvalue weighted by Crippen LogP contribution is -2.36. The summed E-state index contributed by atoms with van der Waals surface area (Å²) < 4.78 is 16.4. The van der Waals surface area contributed by atoms with Gasteiger partial charge in [-0.15, -0.1) is 0 Å². The minimum absolute atomic E-state index is 0.275. The van der Waals surface area contributed by atoms with Crippen LogP contribution in [-0.2, 0) is 29.2 Å². The average Bonchev–Trinajstić information content (AvgIpc) is 3.07. The molecule has 4 rings (SSSR count). The quantitative estimate of drug-likeness (QED) is 0.486. The van der Waals surface area contributed by atoms with Gasteiger partial charge in [0, 0.05) is 16.3 Å². The molecule has 0 atom stereocenters. The number of amides is 2. The van der Waals surface area contributed by atoms with Crippen LogP contribution >= 0.6 is 11.6 Å². The van der Waals surface area contributed by atoms with Gasteiger partial charge in [0.2, 0.25) is 0 Å². The molecule has 1 aliphatic rings. The summed E-state index contributed by atoms with van der Waals surface area (Å²) in [6.45, 7) is 2.11. The predicted molar refractivity (Wildman–Crippen MR) is 129 cm³/mol. The van der Waals surface area contributed by atoms with Crippen LogP contribution in [0, 0.1) is 0 Å². The summed E-state index contributed by atoms with van der Waals surface area (Å²) in [5, 5.41) is 3.54. The van der Waals surface area contributed by atoms with Gasteiger partial charge in [0.25, 0.3) is 0 Å². The first kappa shape index (κ1) is 23.6. The zero-order valence-corrected chi connectivity index (χ0v) is 19.5. The Balaban J connectivity index is 1.39. The second-order valence-corrected chi connectivity index (χ2v) is 8.27. The fourth-order valence-corrected chi connectivity index (χ4v) is 3.75. The fourth-order valence-electron chi connectivity index (χ4n) is 3.62. The second kappa shape index (κ2) is 11.0. The summed E-state index contributed by atoms with van der Waals surface area (Å²) in [5.41, 5.74) is 3.82. The van der Waals surface area contributed by atoms with E-state index in [0.717, 1.165) is 22.4 Å². The maximum atomic E-state index is 12.9. The summed E-state index contributed by atoms with van der Waals surface area (Å²) in [5.74, 6) is 0.295. The van der Waals surface area contributed by atoms with Crippen molar-refractivity contribution in [3.63, 3.8) is 0 Å². The van der Waals surface area contributed by atoms with Gasteiger partial charge in [-0.05, 0) is 53.6 Å². The van der Waals surface area contributed by atoms with Crippen LogP contribution in [0.4, 0.5) is 10.5 Å². The Morgan fingerprint density at radius 3 is 2.59 bits per heavy atom. The van der Waals surface area contributed by atoms with E-state index < -0.39 is 5.97 Å². The highest BCUT2D eigenvalue weighted by molar-refractivity contribution is 6.30. The third-order valence-corrected chi connectivity index (χ3v) is 5.63. The maximum absolute atomic E-state index is 12.9. The van der Waals surface area contributed by atoms with E-state index in [9.17, 15) is 9.59 Å². The maximum Gasteiger partial charge on any atom is 0.337 e. The largest absolute Gasteiger partial charge is 0.491 e. The van der Waals surface area contributed by atoms with Crippen molar-refractivity contribution in [1.29, 1.82) is 0 Å². The molecule has 1 N–H and O–H groups in total. The number of ether oxygens (including phenoxy) is 3. The number of anilines is 1. The number of rotatable bonds is 6. The summed E-state index contributed by atoms with van der Waals surface area (Å²) >= 11 is 5.92. The number of urea groups is 1. The Morgan fingerprint density at radius 2 is 1.79 bits per heavy atom. The van der Waals surface area contributed by atoms with Crippen LogP contribution in [0.2, 0.25) is 5.02 Å². The first-order chi connectivity index (χ1) is 16.5. The van der Waals surface area contributed by atoms with Crippen molar-refractivity contribution < 1.29 is 23.8 Å². The predicted octanol–water partition coefficient (Wildman–Crippen LogP) is 5.27.